The number of rotatable bonds is 5. The van der Waals surface area contributed by atoms with Gasteiger partial charge >= 0.3 is 0 Å². The molecule has 2 aromatic heterocycles. The predicted molar refractivity (Wildman–Crippen MR) is 263 cm³/mol. The lowest BCUT2D eigenvalue weighted by Gasteiger charge is -2.42. The highest BCUT2D eigenvalue weighted by molar-refractivity contribution is 7.99. The van der Waals surface area contributed by atoms with Gasteiger partial charge < -0.3 is 24.0 Å². The molecule has 0 saturated carbocycles. The molecule has 8 nitrogen and oxygen atoms in total. The van der Waals surface area contributed by atoms with Gasteiger partial charge in [0.15, 0.2) is 23.0 Å². The summed E-state index contributed by atoms with van der Waals surface area (Å²) in [5, 5.41) is 2.33. The third kappa shape index (κ3) is 5.88. The van der Waals surface area contributed by atoms with Gasteiger partial charge in [-0.15, -0.1) is 0 Å². The molecule has 0 amide bonds. The summed E-state index contributed by atoms with van der Waals surface area (Å²) in [5.74, 6) is 5.64. The quantitative estimate of drug-likeness (QED) is 0.170. The Kier molecular flexibility index (Phi) is 7.96. The topological polar surface area (TPSA) is 55.2 Å². The summed E-state index contributed by atoms with van der Waals surface area (Å²) in [5.41, 5.74) is 11.7. The van der Waals surface area contributed by atoms with Crippen LogP contribution in [-0.4, -0.2) is 16.2 Å². The van der Waals surface area contributed by atoms with Crippen molar-refractivity contribution in [2.24, 2.45) is 0 Å². The van der Waals surface area contributed by atoms with E-state index in [4.69, 9.17) is 19.2 Å². The van der Waals surface area contributed by atoms with E-state index in [0.29, 0.717) is 6.67 Å². The molecule has 65 heavy (non-hydrogen) atoms. The summed E-state index contributed by atoms with van der Waals surface area (Å²) in [6, 6.07) is 51.5. The number of fused-ring (bicyclic) bond motifs is 4. The second-order valence-corrected chi connectivity index (χ2v) is 20.5. The molecular weight excluding hydrogens is 823 g/mol. The van der Waals surface area contributed by atoms with E-state index in [1.165, 1.54) is 26.3 Å². The van der Waals surface area contributed by atoms with Gasteiger partial charge in [-0.25, -0.2) is 4.98 Å². The molecular formula is C56H45N5O3S. The first-order valence-corrected chi connectivity index (χ1v) is 23.0. The maximum atomic E-state index is 6.95. The molecule has 0 N–H and O–H groups in total. The molecule has 6 heterocycles. The zero-order valence-corrected chi connectivity index (χ0v) is 37.8. The molecule has 318 valence electrons. The first-order valence-electron chi connectivity index (χ1n) is 22.2. The van der Waals surface area contributed by atoms with Gasteiger partial charge in [0.1, 0.15) is 41.0 Å². The third-order valence-corrected chi connectivity index (χ3v) is 14.2. The van der Waals surface area contributed by atoms with Gasteiger partial charge in [-0.1, -0.05) is 95.8 Å². The Morgan fingerprint density at radius 1 is 0.523 bits per heavy atom. The van der Waals surface area contributed by atoms with Crippen LogP contribution >= 0.6 is 11.8 Å². The lowest BCUT2D eigenvalue weighted by atomic mass is 9.86. The highest BCUT2D eigenvalue weighted by atomic mass is 32.2. The third-order valence-electron chi connectivity index (χ3n) is 13.1. The summed E-state index contributed by atoms with van der Waals surface area (Å²) in [4.78, 5) is 14.3. The van der Waals surface area contributed by atoms with Crippen LogP contribution in [0.3, 0.4) is 0 Å². The molecule has 0 unspecified atom stereocenters. The fourth-order valence-electron chi connectivity index (χ4n) is 9.86. The largest absolute Gasteiger partial charge is 0.457 e. The first kappa shape index (κ1) is 38.1. The minimum atomic E-state index is -0.151. The van der Waals surface area contributed by atoms with Crippen molar-refractivity contribution in [3.8, 4) is 40.3 Å². The van der Waals surface area contributed by atoms with Crippen molar-refractivity contribution in [1.82, 2.24) is 9.55 Å². The van der Waals surface area contributed by atoms with Gasteiger partial charge in [-0.2, -0.15) is 0 Å². The van der Waals surface area contributed by atoms with Gasteiger partial charge in [-0.3, -0.25) is 9.47 Å². The SMILES string of the molecule is CC(C)(C)c1cc(Oc2ccc3c4ccccc4n(-c4cc(C(C)(C)C)ccn4)c3c2)cc(N2CN(c3cc4c5c(c3)Oc3cccc6c3N5c3c(cccc3S6)O4)c3ccccc32)c1. The van der Waals surface area contributed by atoms with Crippen molar-refractivity contribution in [2.75, 3.05) is 21.4 Å². The van der Waals surface area contributed by atoms with Crippen LogP contribution in [0.4, 0.5) is 39.8 Å². The van der Waals surface area contributed by atoms with Gasteiger partial charge in [0.05, 0.1) is 28.1 Å². The van der Waals surface area contributed by atoms with E-state index in [1.54, 1.807) is 11.8 Å². The maximum Gasteiger partial charge on any atom is 0.157 e. The number of para-hydroxylation sites is 5. The molecule has 13 rings (SSSR count). The van der Waals surface area contributed by atoms with E-state index in [9.17, 15) is 0 Å². The van der Waals surface area contributed by atoms with E-state index in [0.717, 1.165) is 96.5 Å². The van der Waals surface area contributed by atoms with Crippen LogP contribution in [0.1, 0.15) is 52.7 Å². The number of benzene rings is 7. The molecule has 0 radical (unpaired) electrons. The zero-order chi connectivity index (χ0) is 43.9. The number of aromatic nitrogens is 2. The number of hydrogen-bond acceptors (Lipinski definition) is 8. The molecule has 9 aromatic rings. The Hall–Kier alpha value is -7.36. The minimum Gasteiger partial charge on any atom is -0.457 e. The summed E-state index contributed by atoms with van der Waals surface area (Å²) >= 11 is 1.76. The maximum absolute atomic E-state index is 6.95. The Balaban J connectivity index is 0.892. The predicted octanol–water partition coefficient (Wildman–Crippen LogP) is 16.0. The van der Waals surface area contributed by atoms with Crippen molar-refractivity contribution in [3.05, 3.63) is 163 Å². The van der Waals surface area contributed by atoms with Gasteiger partial charge in [0.25, 0.3) is 0 Å². The second-order valence-electron chi connectivity index (χ2n) is 19.4. The van der Waals surface area contributed by atoms with Gasteiger partial charge in [0, 0.05) is 56.7 Å². The number of hydrogen-bond donors (Lipinski definition) is 0. The lowest BCUT2D eigenvalue weighted by molar-refractivity contribution is 0.443. The molecule has 0 fully saturated rings. The Morgan fingerprint density at radius 3 is 1.83 bits per heavy atom. The van der Waals surface area contributed by atoms with E-state index < -0.39 is 0 Å². The van der Waals surface area contributed by atoms with Gasteiger partial charge in [-0.05, 0) is 101 Å². The molecule has 0 aliphatic carbocycles. The van der Waals surface area contributed by atoms with Crippen molar-refractivity contribution in [1.29, 1.82) is 0 Å². The van der Waals surface area contributed by atoms with Crippen molar-refractivity contribution in [3.63, 3.8) is 0 Å². The second kappa shape index (κ2) is 13.6. The van der Waals surface area contributed by atoms with Crippen LogP contribution < -0.4 is 28.9 Å². The molecule has 4 aliphatic rings. The molecule has 0 saturated heterocycles. The van der Waals surface area contributed by atoms with Crippen LogP contribution in [0.2, 0.25) is 0 Å². The van der Waals surface area contributed by atoms with Crippen molar-refractivity contribution in [2.45, 2.75) is 62.2 Å². The average Bonchev–Trinajstić information content (AvgIpc) is 3.85. The standard InChI is InChI=1S/C56H45N5O3S/c1-55(2,3)33-23-24-57-51(27-33)60-41-14-8-7-13-39(41)40-22-21-37(31-44(40)60)62-38-26-34(56(4,5)6)25-35(28-38)58-32-59(43-16-10-9-15-42(43)58)36-29-47-52-48(30-36)64-46-18-12-20-50-54(46)61(52)53-45(63-47)17-11-19-49(53)65-50/h7-31H,32H2,1-6H3. The molecule has 0 bridgehead atoms. The normalized spacial score (nSPS) is 14.3. The molecule has 0 atom stereocenters. The van der Waals surface area contributed by atoms with E-state index in [-0.39, 0.29) is 10.8 Å². The van der Waals surface area contributed by atoms with Gasteiger partial charge in [0.2, 0.25) is 0 Å². The summed E-state index contributed by atoms with van der Waals surface area (Å²) < 4.78 is 22.8. The van der Waals surface area contributed by atoms with Crippen LogP contribution in [0.15, 0.2) is 162 Å². The van der Waals surface area contributed by atoms with Crippen LogP contribution in [0, 0.1) is 0 Å². The number of pyridine rings is 1. The average molecular weight is 868 g/mol. The fraction of sp³-hybridized carbons (Fsp3) is 0.161. The highest BCUT2D eigenvalue weighted by Crippen LogP contribution is 2.67. The summed E-state index contributed by atoms with van der Waals surface area (Å²) in [7, 11) is 0. The highest BCUT2D eigenvalue weighted by Gasteiger charge is 2.42. The minimum absolute atomic E-state index is 0.0191. The van der Waals surface area contributed by atoms with E-state index >= 15 is 0 Å². The molecule has 0 spiro atoms. The van der Waals surface area contributed by atoms with Crippen LogP contribution in [-0.2, 0) is 10.8 Å². The van der Waals surface area contributed by atoms with E-state index in [1.807, 2.05) is 6.20 Å². The Bertz CT molecular complexity index is 3410. The molecule has 9 heteroatoms. The fourth-order valence-corrected chi connectivity index (χ4v) is 11.0. The van der Waals surface area contributed by atoms with Crippen molar-refractivity contribution < 1.29 is 14.2 Å². The van der Waals surface area contributed by atoms with Crippen molar-refractivity contribution >= 4 is 73.4 Å². The first-order chi connectivity index (χ1) is 31.4. The smallest absolute Gasteiger partial charge is 0.157 e. The number of nitrogens with zero attached hydrogens (tertiary/aromatic N) is 5. The molecule has 4 aliphatic heterocycles. The summed E-state index contributed by atoms with van der Waals surface area (Å²) in [6.07, 6.45) is 1.92. The van der Waals surface area contributed by atoms with Crippen LogP contribution in [0.5, 0.6) is 34.5 Å². The number of ether oxygens (including phenoxy) is 3. The molecule has 7 aromatic carbocycles. The Morgan fingerprint density at radius 2 is 1.15 bits per heavy atom. The lowest BCUT2D eigenvalue weighted by Crippen LogP contribution is -2.26. The number of anilines is 7. The zero-order valence-electron chi connectivity index (χ0n) is 37.0. The van der Waals surface area contributed by atoms with Crippen LogP contribution in [0.25, 0.3) is 27.6 Å². The Labute approximate surface area is 382 Å². The summed E-state index contributed by atoms with van der Waals surface area (Å²) in [6.45, 7) is 14.1. The van der Waals surface area contributed by atoms with E-state index in [2.05, 4.69) is 206 Å². The monoisotopic (exact) mass is 867 g/mol.